The van der Waals surface area contributed by atoms with E-state index in [0.29, 0.717) is 5.82 Å². The predicted molar refractivity (Wildman–Crippen MR) is 90.3 cm³/mol. The SMILES string of the molecule is CN(C(=O)OC(C)(C)C)c1cccc(CCNC(C)(C)C)n1. The number of anilines is 1. The first-order valence-corrected chi connectivity index (χ1v) is 7.66. The highest BCUT2D eigenvalue weighted by Gasteiger charge is 2.21. The molecule has 0 aliphatic rings. The summed E-state index contributed by atoms with van der Waals surface area (Å²) in [5.41, 5.74) is 0.523. The molecule has 1 N–H and O–H groups in total. The number of aromatic nitrogens is 1. The Kier molecular flexibility index (Phi) is 5.94. The zero-order chi connectivity index (χ0) is 17.0. The Bertz CT molecular complexity index is 501. The second-order valence-electron chi connectivity index (χ2n) is 7.45. The number of amides is 1. The molecule has 0 atom stereocenters. The van der Waals surface area contributed by atoms with Crippen LogP contribution in [0, 0.1) is 0 Å². The molecule has 5 heteroatoms. The van der Waals surface area contributed by atoms with Crippen molar-refractivity contribution in [3.8, 4) is 0 Å². The van der Waals surface area contributed by atoms with Gasteiger partial charge in [-0.05, 0) is 53.7 Å². The fraction of sp³-hybridized carbons (Fsp3) is 0.647. The molecular weight excluding hydrogens is 278 g/mol. The molecule has 1 aromatic heterocycles. The number of hydrogen-bond donors (Lipinski definition) is 1. The Morgan fingerprint density at radius 1 is 1.23 bits per heavy atom. The van der Waals surface area contributed by atoms with Gasteiger partial charge in [0.2, 0.25) is 0 Å². The predicted octanol–water partition coefficient (Wildman–Crippen LogP) is 3.38. The molecule has 0 saturated heterocycles. The average Bonchev–Trinajstić information content (AvgIpc) is 2.34. The van der Waals surface area contributed by atoms with E-state index in [1.165, 1.54) is 4.90 Å². The fourth-order valence-corrected chi connectivity index (χ4v) is 1.78. The number of carbonyl (C=O) groups excluding carboxylic acids is 1. The summed E-state index contributed by atoms with van der Waals surface area (Å²) >= 11 is 0. The maximum Gasteiger partial charge on any atom is 0.415 e. The third kappa shape index (κ3) is 6.89. The molecule has 0 aromatic carbocycles. The Balaban J connectivity index is 2.69. The number of hydrogen-bond acceptors (Lipinski definition) is 4. The van der Waals surface area contributed by atoms with E-state index in [1.807, 2.05) is 39.0 Å². The van der Waals surface area contributed by atoms with Crippen LogP contribution in [-0.4, -0.2) is 35.8 Å². The minimum atomic E-state index is -0.514. The van der Waals surface area contributed by atoms with Crippen LogP contribution in [0.1, 0.15) is 47.2 Å². The van der Waals surface area contributed by atoms with E-state index in [-0.39, 0.29) is 5.54 Å². The van der Waals surface area contributed by atoms with Crippen LogP contribution >= 0.6 is 0 Å². The summed E-state index contributed by atoms with van der Waals surface area (Å²) in [6, 6.07) is 5.69. The molecule has 124 valence electrons. The van der Waals surface area contributed by atoms with Crippen molar-refractivity contribution in [2.75, 3.05) is 18.5 Å². The zero-order valence-corrected chi connectivity index (χ0v) is 14.9. The molecule has 0 bridgehead atoms. The zero-order valence-electron chi connectivity index (χ0n) is 14.9. The summed E-state index contributed by atoms with van der Waals surface area (Å²) in [4.78, 5) is 18.0. The molecule has 1 amide bonds. The minimum absolute atomic E-state index is 0.0882. The lowest BCUT2D eigenvalue weighted by Gasteiger charge is -2.24. The van der Waals surface area contributed by atoms with Gasteiger partial charge in [0.25, 0.3) is 0 Å². The Labute approximate surface area is 134 Å². The summed E-state index contributed by atoms with van der Waals surface area (Å²) in [5.74, 6) is 0.600. The molecule has 0 aliphatic heterocycles. The normalized spacial score (nSPS) is 12.1. The highest BCUT2D eigenvalue weighted by molar-refractivity contribution is 5.85. The number of ether oxygens (including phenoxy) is 1. The summed E-state index contributed by atoms with van der Waals surface area (Å²) in [5, 5.41) is 3.43. The van der Waals surface area contributed by atoms with Gasteiger partial charge in [0, 0.05) is 31.2 Å². The third-order valence-corrected chi connectivity index (χ3v) is 2.84. The Hall–Kier alpha value is -1.62. The molecule has 0 saturated carbocycles. The van der Waals surface area contributed by atoms with Crippen molar-refractivity contribution in [3.63, 3.8) is 0 Å². The highest BCUT2D eigenvalue weighted by Crippen LogP contribution is 2.15. The van der Waals surface area contributed by atoms with Crippen LogP contribution in [-0.2, 0) is 11.2 Å². The van der Waals surface area contributed by atoms with E-state index in [0.717, 1.165) is 18.7 Å². The van der Waals surface area contributed by atoms with Gasteiger partial charge in [-0.1, -0.05) is 6.07 Å². The lowest BCUT2D eigenvalue weighted by atomic mass is 10.1. The molecule has 1 aromatic rings. The molecule has 0 radical (unpaired) electrons. The van der Waals surface area contributed by atoms with E-state index in [4.69, 9.17) is 4.74 Å². The molecule has 1 rings (SSSR count). The first kappa shape index (κ1) is 18.4. The van der Waals surface area contributed by atoms with Gasteiger partial charge < -0.3 is 10.1 Å². The molecule has 0 aliphatic carbocycles. The molecule has 0 unspecified atom stereocenters. The lowest BCUT2D eigenvalue weighted by Crippen LogP contribution is -2.37. The molecule has 0 spiro atoms. The van der Waals surface area contributed by atoms with E-state index in [2.05, 4.69) is 31.1 Å². The van der Waals surface area contributed by atoms with Crippen molar-refractivity contribution >= 4 is 11.9 Å². The minimum Gasteiger partial charge on any atom is -0.443 e. The standard InChI is InChI=1S/C17H29N3O2/c1-16(2,3)18-12-11-13-9-8-10-14(19-13)20(7)15(21)22-17(4,5)6/h8-10,18H,11-12H2,1-7H3. The molecule has 5 nitrogen and oxygen atoms in total. The van der Waals surface area contributed by atoms with Gasteiger partial charge in [-0.2, -0.15) is 0 Å². The van der Waals surface area contributed by atoms with Crippen molar-refractivity contribution in [1.82, 2.24) is 10.3 Å². The van der Waals surface area contributed by atoms with Crippen molar-refractivity contribution in [2.24, 2.45) is 0 Å². The average molecular weight is 307 g/mol. The van der Waals surface area contributed by atoms with Gasteiger partial charge in [-0.15, -0.1) is 0 Å². The maximum atomic E-state index is 12.1. The Morgan fingerprint density at radius 2 is 1.86 bits per heavy atom. The second kappa shape index (κ2) is 7.09. The monoisotopic (exact) mass is 307 g/mol. The van der Waals surface area contributed by atoms with E-state index in [9.17, 15) is 4.79 Å². The van der Waals surface area contributed by atoms with E-state index >= 15 is 0 Å². The number of nitrogens with one attached hydrogen (secondary N) is 1. The first-order valence-electron chi connectivity index (χ1n) is 7.66. The van der Waals surface area contributed by atoms with Crippen molar-refractivity contribution in [3.05, 3.63) is 23.9 Å². The van der Waals surface area contributed by atoms with E-state index < -0.39 is 11.7 Å². The van der Waals surface area contributed by atoms with Crippen LogP contribution in [0.15, 0.2) is 18.2 Å². The van der Waals surface area contributed by atoms with Crippen LogP contribution in [0.2, 0.25) is 0 Å². The fourth-order valence-electron chi connectivity index (χ4n) is 1.78. The summed E-state index contributed by atoms with van der Waals surface area (Å²) in [6.45, 7) is 12.8. The largest absolute Gasteiger partial charge is 0.443 e. The number of carbonyl (C=O) groups is 1. The van der Waals surface area contributed by atoms with Gasteiger partial charge in [0.15, 0.2) is 0 Å². The lowest BCUT2D eigenvalue weighted by molar-refractivity contribution is 0.0588. The van der Waals surface area contributed by atoms with Crippen LogP contribution in [0.3, 0.4) is 0 Å². The van der Waals surface area contributed by atoms with Gasteiger partial charge in [0.05, 0.1) is 0 Å². The molecule has 1 heterocycles. The van der Waals surface area contributed by atoms with Crippen molar-refractivity contribution < 1.29 is 9.53 Å². The highest BCUT2D eigenvalue weighted by atomic mass is 16.6. The van der Waals surface area contributed by atoms with Crippen LogP contribution in [0.25, 0.3) is 0 Å². The van der Waals surface area contributed by atoms with Crippen molar-refractivity contribution in [2.45, 2.75) is 59.1 Å². The summed E-state index contributed by atoms with van der Waals surface area (Å²) in [6.07, 6.45) is 0.415. The van der Waals surface area contributed by atoms with Crippen molar-refractivity contribution in [1.29, 1.82) is 0 Å². The van der Waals surface area contributed by atoms with Crippen LogP contribution < -0.4 is 10.2 Å². The molecular formula is C17H29N3O2. The van der Waals surface area contributed by atoms with Crippen LogP contribution in [0.4, 0.5) is 10.6 Å². The van der Waals surface area contributed by atoms with Gasteiger partial charge in [0.1, 0.15) is 11.4 Å². The molecule has 0 fully saturated rings. The smallest absolute Gasteiger partial charge is 0.415 e. The van der Waals surface area contributed by atoms with E-state index in [1.54, 1.807) is 7.05 Å². The maximum absolute atomic E-state index is 12.1. The topological polar surface area (TPSA) is 54.5 Å². The summed E-state index contributed by atoms with van der Waals surface area (Å²) < 4.78 is 5.35. The first-order chi connectivity index (χ1) is 9.98. The number of pyridine rings is 1. The van der Waals surface area contributed by atoms with Gasteiger partial charge in [-0.3, -0.25) is 4.90 Å². The number of nitrogens with zero attached hydrogens (tertiary/aromatic N) is 2. The Morgan fingerprint density at radius 3 is 2.41 bits per heavy atom. The van der Waals surface area contributed by atoms with Gasteiger partial charge in [-0.25, -0.2) is 9.78 Å². The quantitative estimate of drug-likeness (QED) is 0.926. The third-order valence-electron chi connectivity index (χ3n) is 2.84. The second-order valence-corrected chi connectivity index (χ2v) is 7.45. The molecule has 22 heavy (non-hydrogen) atoms. The number of rotatable bonds is 4. The van der Waals surface area contributed by atoms with Gasteiger partial charge >= 0.3 is 6.09 Å². The van der Waals surface area contributed by atoms with Crippen LogP contribution in [0.5, 0.6) is 0 Å². The summed E-state index contributed by atoms with van der Waals surface area (Å²) in [7, 11) is 1.67.